The molecule has 0 spiro atoms. The summed E-state index contributed by atoms with van der Waals surface area (Å²) in [5.74, 6) is -0.241. The number of benzene rings is 1. The summed E-state index contributed by atoms with van der Waals surface area (Å²) in [5, 5.41) is 0. The van der Waals surface area contributed by atoms with E-state index in [1.165, 1.54) is 0 Å². The minimum absolute atomic E-state index is 0.231. The number of carbonyl (C=O) groups excluding carboxylic acids is 1. The zero-order chi connectivity index (χ0) is 11.8. The molecular formula is C12H18N2O2. The van der Waals surface area contributed by atoms with Crippen molar-refractivity contribution >= 4 is 11.7 Å². The van der Waals surface area contributed by atoms with Gasteiger partial charge in [0.05, 0.1) is 13.0 Å². The number of anilines is 1. The molecule has 0 aliphatic rings. The Bertz CT molecular complexity index is 340. The predicted molar refractivity (Wildman–Crippen MR) is 63.8 cm³/mol. The molecule has 0 aliphatic carbocycles. The van der Waals surface area contributed by atoms with Gasteiger partial charge in [-0.05, 0) is 31.0 Å². The van der Waals surface area contributed by atoms with Gasteiger partial charge in [0.15, 0.2) is 0 Å². The average molecular weight is 222 g/mol. The largest absolute Gasteiger partial charge is 0.465 e. The SMILES string of the molecule is NCCCCOC(=O)Cc1ccccc1N. The van der Waals surface area contributed by atoms with Crippen LogP contribution in [-0.4, -0.2) is 19.1 Å². The number of esters is 1. The molecule has 0 fully saturated rings. The molecule has 1 aromatic carbocycles. The van der Waals surface area contributed by atoms with E-state index in [1.54, 1.807) is 6.07 Å². The van der Waals surface area contributed by atoms with Crippen molar-refractivity contribution in [1.82, 2.24) is 0 Å². The molecule has 0 saturated carbocycles. The van der Waals surface area contributed by atoms with Crippen LogP contribution in [0, 0.1) is 0 Å². The monoisotopic (exact) mass is 222 g/mol. The fourth-order valence-corrected chi connectivity index (χ4v) is 1.33. The number of para-hydroxylation sites is 1. The molecular weight excluding hydrogens is 204 g/mol. The smallest absolute Gasteiger partial charge is 0.310 e. The maximum atomic E-state index is 11.4. The van der Waals surface area contributed by atoms with Gasteiger partial charge < -0.3 is 16.2 Å². The Labute approximate surface area is 95.6 Å². The highest BCUT2D eigenvalue weighted by Gasteiger charge is 2.06. The Balaban J connectivity index is 2.32. The first-order valence-electron chi connectivity index (χ1n) is 5.43. The Morgan fingerprint density at radius 2 is 2.00 bits per heavy atom. The Morgan fingerprint density at radius 3 is 2.69 bits per heavy atom. The minimum atomic E-state index is -0.241. The third-order valence-corrected chi connectivity index (χ3v) is 2.25. The highest BCUT2D eigenvalue weighted by Crippen LogP contribution is 2.11. The first kappa shape index (κ1) is 12.5. The predicted octanol–water partition coefficient (Wildman–Crippen LogP) is 1.09. The number of ether oxygens (including phenoxy) is 1. The van der Waals surface area contributed by atoms with Gasteiger partial charge in [-0.1, -0.05) is 18.2 Å². The van der Waals surface area contributed by atoms with Crippen LogP contribution >= 0.6 is 0 Å². The van der Waals surface area contributed by atoms with Crippen LogP contribution in [0.2, 0.25) is 0 Å². The first-order chi connectivity index (χ1) is 7.74. The second-order valence-electron chi connectivity index (χ2n) is 3.59. The Kier molecular flexibility index (Phi) is 5.36. The maximum Gasteiger partial charge on any atom is 0.310 e. The van der Waals surface area contributed by atoms with Crippen LogP contribution in [-0.2, 0) is 16.0 Å². The Hall–Kier alpha value is -1.55. The van der Waals surface area contributed by atoms with E-state index in [0.717, 1.165) is 18.4 Å². The topological polar surface area (TPSA) is 78.3 Å². The second kappa shape index (κ2) is 6.85. The summed E-state index contributed by atoms with van der Waals surface area (Å²) in [6, 6.07) is 7.30. The van der Waals surface area contributed by atoms with Crippen molar-refractivity contribution in [1.29, 1.82) is 0 Å². The van der Waals surface area contributed by atoms with Gasteiger partial charge >= 0.3 is 5.97 Å². The molecule has 1 aromatic rings. The van der Waals surface area contributed by atoms with E-state index in [2.05, 4.69) is 0 Å². The fraction of sp³-hybridized carbons (Fsp3) is 0.417. The maximum absolute atomic E-state index is 11.4. The molecule has 0 heterocycles. The number of carbonyl (C=O) groups is 1. The molecule has 4 heteroatoms. The summed E-state index contributed by atoms with van der Waals surface area (Å²) in [6.07, 6.45) is 1.92. The zero-order valence-electron chi connectivity index (χ0n) is 9.32. The molecule has 16 heavy (non-hydrogen) atoms. The second-order valence-corrected chi connectivity index (χ2v) is 3.59. The van der Waals surface area contributed by atoms with Crippen LogP contribution in [0.3, 0.4) is 0 Å². The lowest BCUT2D eigenvalue weighted by atomic mass is 10.1. The van der Waals surface area contributed by atoms with Crippen LogP contribution in [0.4, 0.5) is 5.69 Å². The van der Waals surface area contributed by atoms with E-state index in [1.807, 2.05) is 18.2 Å². The molecule has 0 saturated heterocycles. The normalized spacial score (nSPS) is 10.1. The van der Waals surface area contributed by atoms with Gasteiger partial charge in [-0.2, -0.15) is 0 Å². The Morgan fingerprint density at radius 1 is 1.25 bits per heavy atom. The number of hydrogen-bond acceptors (Lipinski definition) is 4. The molecule has 1 rings (SSSR count). The van der Waals surface area contributed by atoms with Crippen molar-refractivity contribution < 1.29 is 9.53 Å². The summed E-state index contributed by atoms with van der Waals surface area (Å²) in [7, 11) is 0. The summed E-state index contributed by atoms with van der Waals surface area (Å²) < 4.78 is 5.05. The van der Waals surface area contributed by atoms with Gasteiger partial charge in [-0.15, -0.1) is 0 Å². The van der Waals surface area contributed by atoms with E-state index in [0.29, 0.717) is 18.8 Å². The summed E-state index contributed by atoms with van der Waals surface area (Å²) in [4.78, 5) is 11.4. The summed E-state index contributed by atoms with van der Waals surface area (Å²) >= 11 is 0. The van der Waals surface area contributed by atoms with Gasteiger partial charge in [0.1, 0.15) is 0 Å². The lowest BCUT2D eigenvalue weighted by Crippen LogP contribution is -2.11. The summed E-state index contributed by atoms with van der Waals surface area (Å²) in [5.41, 5.74) is 12.5. The molecule has 0 amide bonds. The van der Waals surface area contributed by atoms with E-state index < -0.39 is 0 Å². The highest BCUT2D eigenvalue weighted by atomic mass is 16.5. The lowest BCUT2D eigenvalue weighted by Gasteiger charge is -2.06. The summed E-state index contributed by atoms with van der Waals surface area (Å²) in [6.45, 7) is 1.06. The molecule has 4 N–H and O–H groups in total. The number of nitrogens with two attached hydrogens (primary N) is 2. The van der Waals surface area contributed by atoms with Gasteiger partial charge in [-0.25, -0.2) is 0 Å². The molecule has 0 aromatic heterocycles. The zero-order valence-corrected chi connectivity index (χ0v) is 9.32. The molecule has 88 valence electrons. The van der Waals surface area contributed by atoms with Crippen LogP contribution in [0.5, 0.6) is 0 Å². The van der Waals surface area contributed by atoms with Gasteiger partial charge in [-0.3, -0.25) is 4.79 Å². The number of unbranched alkanes of at least 4 members (excludes halogenated alkanes) is 1. The lowest BCUT2D eigenvalue weighted by molar-refractivity contribution is -0.142. The van der Waals surface area contributed by atoms with Crippen molar-refractivity contribution in [3.05, 3.63) is 29.8 Å². The van der Waals surface area contributed by atoms with E-state index >= 15 is 0 Å². The minimum Gasteiger partial charge on any atom is -0.465 e. The van der Waals surface area contributed by atoms with E-state index in [9.17, 15) is 4.79 Å². The van der Waals surface area contributed by atoms with Crippen molar-refractivity contribution in [2.24, 2.45) is 5.73 Å². The van der Waals surface area contributed by atoms with E-state index in [-0.39, 0.29) is 12.4 Å². The van der Waals surface area contributed by atoms with Crippen LogP contribution in [0.15, 0.2) is 24.3 Å². The van der Waals surface area contributed by atoms with Crippen molar-refractivity contribution in [2.45, 2.75) is 19.3 Å². The van der Waals surface area contributed by atoms with Gasteiger partial charge in [0.2, 0.25) is 0 Å². The molecule has 0 bridgehead atoms. The highest BCUT2D eigenvalue weighted by molar-refractivity contribution is 5.74. The van der Waals surface area contributed by atoms with Crippen LogP contribution in [0.1, 0.15) is 18.4 Å². The van der Waals surface area contributed by atoms with Gasteiger partial charge in [0.25, 0.3) is 0 Å². The number of nitrogen functional groups attached to an aromatic ring is 1. The quantitative estimate of drug-likeness (QED) is 0.429. The molecule has 0 radical (unpaired) electrons. The molecule has 4 nitrogen and oxygen atoms in total. The van der Waals surface area contributed by atoms with Crippen molar-refractivity contribution in [3.63, 3.8) is 0 Å². The third kappa shape index (κ3) is 4.31. The molecule has 0 atom stereocenters. The van der Waals surface area contributed by atoms with Crippen molar-refractivity contribution in [2.75, 3.05) is 18.9 Å². The molecule has 0 aliphatic heterocycles. The number of rotatable bonds is 6. The van der Waals surface area contributed by atoms with Gasteiger partial charge in [0, 0.05) is 5.69 Å². The van der Waals surface area contributed by atoms with Crippen molar-refractivity contribution in [3.8, 4) is 0 Å². The van der Waals surface area contributed by atoms with Crippen LogP contribution < -0.4 is 11.5 Å². The third-order valence-electron chi connectivity index (χ3n) is 2.25. The standard InChI is InChI=1S/C12H18N2O2/c13-7-3-4-8-16-12(15)9-10-5-1-2-6-11(10)14/h1-2,5-6H,3-4,7-9,13-14H2. The number of hydrogen-bond donors (Lipinski definition) is 2. The first-order valence-corrected chi connectivity index (χ1v) is 5.43. The fourth-order valence-electron chi connectivity index (χ4n) is 1.33. The van der Waals surface area contributed by atoms with E-state index in [4.69, 9.17) is 16.2 Å². The van der Waals surface area contributed by atoms with Crippen LogP contribution in [0.25, 0.3) is 0 Å². The molecule has 0 unspecified atom stereocenters. The average Bonchev–Trinajstić information content (AvgIpc) is 2.28.